The van der Waals surface area contributed by atoms with Crippen molar-refractivity contribution >= 4 is 11.7 Å². The lowest BCUT2D eigenvalue weighted by molar-refractivity contribution is -0.137. The number of alkyl halides is 3. The third kappa shape index (κ3) is 5.42. The number of rotatable bonds is 3. The molecule has 0 saturated heterocycles. The Bertz CT molecular complexity index is 538. The highest BCUT2D eigenvalue weighted by Crippen LogP contribution is 2.30. The molecule has 1 fully saturated rings. The molecule has 0 aromatic heterocycles. The van der Waals surface area contributed by atoms with Crippen LogP contribution in [0.4, 0.5) is 23.7 Å². The first kappa shape index (κ1) is 17.6. The molecule has 7 heteroatoms. The van der Waals surface area contributed by atoms with Crippen molar-refractivity contribution in [2.24, 2.45) is 0 Å². The summed E-state index contributed by atoms with van der Waals surface area (Å²) in [4.78, 5) is 11.8. The molecule has 0 heterocycles. The molecule has 4 nitrogen and oxygen atoms in total. The molecule has 0 unspecified atom stereocenters. The lowest BCUT2D eigenvalue weighted by Crippen LogP contribution is -2.44. The van der Waals surface area contributed by atoms with Gasteiger partial charge in [-0.3, -0.25) is 0 Å². The Morgan fingerprint density at radius 3 is 2.43 bits per heavy atom. The standard InChI is InChI=1S/C16H21F3N2O2/c17-16(18,19)12-6-5-7-13(10-12)21-14(22)20-11-15(23)8-3-1-2-4-9-15/h5-7,10,23H,1-4,8-9,11H2,(H2,20,21,22). The van der Waals surface area contributed by atoms with E-state index in [0.29, 0.717) is 12.8 Å². The Labute approximate surface area is 133 Å². The van der Waals surface area contributed by atoms with Crippen molar-refractivity contribution in [1.82, 2.24) is 5.32 Å². The van der Waals surface area contributed by atoms with E-state index in [2.05, 4.69) is 10.6 Å². The molecule has 2 amide bonds. The van der Waals surface area contributed by atoms with Gasteiger partial charge in [-0.05, 0) is 31.0 Å². The lowest BCUT2D eigenvalue weighted by Gasteiger charge is -2.26. The van der Waals surface area contributed by atoms with Crippen molar-refractivity contribution in [3.63, 3.8) is 0 Å². The molecule has 23 heavy (non-hydrogen) atoms. The molecular formula is C16H21F3N2O2. The van der Waals surface area contributed by atoms with Gasteiger partial charge >= 0.3 is 12.2 Å². The molecule has 1 aliphatic carbocycles. The molecule has 0 aliphatic heterocycles. The maximum Gasteiger partial charge on any atom is 0.416 e. The van der Waals surface area contributed by atoms with Crippen LogP contribution in [0.15, 0.2) is 24.3 Å². The number of carbonyl (C=O) groups is 1. The minimum atomic E-state index is -4.45. The summed E-state index contributed by atoms with van der Waals surface area (Å²) in [5, 5.41) is 15.3. The zero-order valence-electron chi connectivity index (χ0n) is 12.7. The molecule has 0 bridgehead atoms. The van der Waals surface area contributed by atoms with Crippen LogP contribution in [0.1, 0.15) is 44.1 Å². The van der Waals surface area contributed by atoms with Gasteiger partial charge in [0, 0.05) is 12.2 Å². The number of amides is 2. The first-order chi connectivity index (χ1) is 10.8. The van der Waals surface area contributed by atoms with E-state index in [4.69, 9.17) is 0 Å². The highest BCUT2D eigenvalue weighted by atomic mass is 19.4. The van der Waals surface area contributed by atoms with Crippen LogP contribution in [0.2, 0.25) is 0 Å². The van der Waals surface area contributed by atoms with Crippen molar-refractivity contribution < 1.29 is 23.1 Å². The van der Waals surface area contributed by atoms with Gasteiger partial charge in [-0.15, -0.1) is 0 Å². The van der Waals surface area contributed by atoms with E-state index in [1.165, 1.54) is 12.1 Å². The number of nitrogens with one attached hydrogen (secondary N) is 2. The summed E-state index contributed by atoms with van der Waals surface area (Å²) >= 11 is 0. The first-order valence-corrected chi connectivity index (χ1v) is 7.73. The topological polar surface area (TPSA) is 61.4 Å². The summed E-state index contributed by atoms with van der Waals surface area (Å²) in [6.45, 7) is 0.0950. The number of urea groups is 1. The maximum atomic E-state index is 12.6. The van der Waals surface area contributed by atoms with Gasteiger partial charge in [0.2, 0.25) is 0 Å². The summed E-state index contributed by atoms with van der Waals surface area (Å²) in [5.41, 5.74) is -1.69. The Kier molecular flexibility index (Phi) is 5.51. The number of anilines is 1. The molecular weight excluding hydrogens is 309 g/mol. The fourth-order valence-electron chi connectivity index (χ4n) is 2.76. The Hall–Kier alpha value is -1.76. The molecule has 1 saturated carbocycles. The fraction of sp³-hybridized carbons (Fsp3) is 0.562. The zero-order valence-corrected chi connectivity index (χ0v) is 12.7. The van der Waals surface area contributed by atoms with Gasteiger partial charge < -0.3 is 15.7 Å². The highest BCUT2D eigenvalue weighted by Gasteiger charge is 2.31. The van der Waals surface area contributed by atoms with E-state index < -0.39 is 23.4 Å². The van der Waals surface area contributed by atoms with Crippen LogP contribution >= 0.6 is 0 Å². The minimum absolute atomic E-state index is 0.0604. The molecule has 3 N–H and O–H groups in total. The third-order valence-corrected chi connectivity index (χ3v) is 4.06. The van der Waals surface area contributed by atoms with Gasteiger partial charge in [-0.2, -0.15) is 13.2 Å². The van der Waals surface area contributed by atoms with Gasteiger partial charge in [0.05, 0.1) is 11.2 Å². The normalized spacial score (nSPS) is 18.1. The maximum absolute atomic E-state index is 12.6. The Balaban J connectivity index is 1.89. The van der Waals surface area contributed by atoms with Gasteiger partial charge in [-0.25, -0.2) is 4.79 Å². The van der Waals surface area contributed by atoms with Crippen LogP contribution in [-0.4, -0.2) is 23.3 Å². The number of benzene rings is 1. The smallest absolute Gasteiger partial charge is 0.388 e. The SMILES string of the molecule is O=C(NCC1(O)CCCCCC1)Nc1cccc(C(F)(F)F)c1. The largest absolute Gasteiger partial charge is 0.416 e. The second kappa shape index (κ2) is 7.21. The van der Waals surface area contributed by atoms with Crippen LogP contribution in [0.3, 0.4) is 0 Å². The monoisotopic (exact) mass is 330 g/mol. The van der Waals surface area contributed by atoms with Crippen molar-refractivity contribution in [2.45, 2.75) is 50.3 Å². The predicted molar refractivity (Wildman–Crippen MR) is 81.1 cm³/mol. The summed E-state index contributed by atoms with van der Waals surface area (Å²) in [6, 6.07) is 3.81. The molecule has 1 aliphatic rings. The van der Waals surface area contributed by atoms with E-state index in [1.807, 2.05) is 0 Å². The number of hydrogen-bond donors (Lipinski definition) is 3. The van der Waals surface area contributed by atoms with Gasteiger partial charge in [0.15, 0.2) is 0 Å². The number of hydrogen-bond acceptors (Lipinski definition) is 2. The predicted octanol–water partition coefficient (Wildman–Crippen LogP) is 3.91. The van der Waals surface area contributed by atoms with Gasteiger partial charge in [0.25, 0.3) is 0 Å². The lowest BCUT2D eigenvalue weighted by atomic mass is 9.95. The zero-order chi connectivity index (χ0) is 16.9. The molecule has 2 rings (SSSR count). The number of carbonyl (C=O) groups excluding carboxylic acids is 1. The van der Waals surface area contributed by atoms with E-state index in [9.17, 15) is 23.1 Å². The van der Waals surface area contributed by atoms with E-state index in [0.717, 1.165) is 37.8 Å². The van der Waals surface area contributed by atoms with E-state index in [1.54, 1.807) is 0 Å². The number of aliphatic hydroxyl groups is 1. The quantitative estimate of drug-likeness (QED) is 0.736. The fourth-order valence-corrected chi connectivity index (χ4v) is 2.76. The molecule has 0 atom stereocenters. The van der Waals surface area contributed by atoms with Crippen LogP contribution in [0.5, 0.6) is 0 Å². The van der Waals surface area contributed by atoms with Crippen LogP contribution < -0.4 is 10.6 Å². The second-order valence-corrected chi connectivity index (χ2v) is 6.02. The third-order valence-electron chi connectivity index (χ3n) is 4.06. The van der Waals surface area contributed by atoms with Crippen molar-refractivity contribution in [3.8, 4) is 0 Å². The van der Waals surface area contributed by atoms with E-state index >= 15 is 0 Å². The molecule has 128 valence electrons. The Morgan fingerprint density at radius 1 is 1.17 bits per heavy atom. The molecule has 0 radical (unpaired) electrons. The summed E-state index contributed by atoms with van der Waals surface area (Å²) in [5.74, 6) is 0. The van der Waals surface area contributed by atoms with Gasteiger partial charge in [-0.1, -0.05) is 31.7 Å². The van der Waals surface area contributed by atoms with Gasteiger partial charge in [0.1, 0.15) is 0 Å². The van der Waals surface area contributed by atoms with Crippen molar-refractivity contribution in [3.05, 3.63) is 29.8 Å². The van der Waals surface area contributed by atoms with E-state index in [-0.39, 0.29) is 12.2 Å². The molecule has 0 spiro atoms. The summed E-state index contributed by atoms with van der Waals surface area (Å²) in [6.07, 6.45) is 0.746. The second-order valence-electron chi connectivity index (χ2n) is 6.02. The van der Waals surface area contributed by atoms with Crippen molar-refractivity contribution in [2.75, 3.05) is 11.9 Å². The highest BCUT2D eigenvalue weighted by molar-refractivity contribution is 5.89. The van der Waals surface area contributed by atoms with Crippen molar-refractivity contribution in [1.29, 1.82) is 0 Å². The Morgan fingerprint density at radius 2 is 1.83 bits per heavy atom. The average molecular weight is 330 g/mol. The minimum Gasteiger partial charge on any atom is -0.388 e. The van der Waals surface area contributed by atoms with Crippen LogP contribution in [-0.2, 0) is 6.18 Å². The first-order valence-electron chi connectivity index (χ1n) is 7.73. The van der Waals surface area contributed by atoms with Crippen LogP contribution in [0, 0.1) is 0 Å². The van der Waals surface area contributed by atoms with Crippen LogP contribution in [0.25, 0.3) is 0 Å². The summed E-state index contributed by atoms with van der Waals surface area (Å²) < 4.78 is 37.9. The average Bonchev–Trinajstić information content (AvgIpc) is 2.70. The number of halogens is 3. The summed E-state index contributed by atoms with van der Waals surface area (Å²) in [7, 11) is 0. The molecule has 1 aromatic rings. The molecule has 1 aromatic carbocycles.